The first-order chi connectivity index (χ1) is 10.1. The third kappa shape index (κ3) is 5.04. The fraction of sp³-hybridized carbons (Fsp3) is 0.125. The van der Waals surface area contributed by atoms with Crippen LogP contribution < -0.4 is 10.7 Å². The molecule has 0 saturated heterocycles. The third-order valence-corrected chi connectivity index (χ3v) is 3.33. The number of carbonyl (C=O) groups excluding carboxylic acids is 1. The molecule has 0 aliphatic heterocycles. The van der Waals surface area contributed by atoms with Gasteiger partial charge in [-0.15, -0.1) is 0 Å². The molecule has 2 rings (SSSR count). The molecule has 0 aliphatic rings. The van der Waals surface area contributed by atoms with Gasteiger partial charge in [0.25, 0.3) is 5.91 Å². The summed E-state index contributed by atoms with van der Waals surface area (Å²) in [6, 6.07) is 15.5. The average molecular weight is 346 g/mol. The number of amides is 1. The molecule has 0 saturated carbocycles. The Morgan fingerprint density at radius 2 is 2.05 bits per heavy atom. The van der Waals surface area contributed by atoms with Crippen LogP contribution >= 0.6 is 15.9 Å². The van der Waals surface area contributed by atoms with E-state index < -0.39 is 0 Å². The number of para-hydroxylation sites is 1. The zero-order valence-corrected chi connectivity index (χ0v) is 13.2. The van der Waals surface area contributed by atoms with E-state index in [1.54, 1.807) is 6.21 Å². The lowest BCUT2D eigenvalue weighted by molar-refractivity contribution is -0.119. The molecule has 0 fully saturated rings. The molecule has 2 aromatic carbocycles. The van der Waals surface area contributed by atoms with E-state index in [0.29, 0.717) is 0 Å². The van der Waals surface area contributed by atoms with E-state index in [4.69, 9.17) is 0 Å². The predicted molar refractivity (Wildman–Crippen MR) is 89.5 cm³/mol. The molecule has 2 aromatic rings. The van der Waals surface area contributed by atoms with E-state index in [0.717, 1.165) is 21.3 Å². The molecule has 0 radical (unpaired) electrons. The summed E-state index contributed by atoms with van der Waals surface area (Å²) in [5.74, 6) is -0.190. The lowest BCUT2D eigenvalue weighted by Crippen LogP contribution is -2.26. The van der Waals surface area contributed by atoms with Crippen LogP contribution in [-0.2, 0) is 4.79 Å². The predicted octanol–water partition coefficient (Wildman–Crippen LogP) is 3.32. The first kappa shape index (κ1) is 15.3. The normalized spacial score (nSPS) is 10.6. The van der Waals surface area contributed by atoms with Crippen molar-refractivity contribution >= 4 is 33.7 Å². The van der Waals surface area contributed by atoms with Crippen molar-refractivity contribution in [3.63, 3.8) is 0 Å². The first-order valence-electron chi connectivity index (χ1n) is 6.52. The van der Waals surface area contributed by atoms with Gasteiger partial charge < -0.3 is 5.32 Å². The Bertz CT molecular complexity index is 655. The van der Waals surface area contributed by atoms with Gasteiger partial charge in [-0.25, -0.2) is 5.43 Å². The number of nitrogens with one attached hydrogen (secondary N) is 2. The summed E-state index contributed by atoms with van der Waals surface area (Å²) >= 11 is 3.38. The zero-order valence-electron chi connectivity index (χ0n) is 11.6. The Balaban J connectivity index is 1.81. The van der Waals surface area contributed by atoms with E-state index in [9.17, 15) is 4.79 Å². The van der Waals surface area contributed by atoms with Gasteiger partial charge in [0.1, 0.15) is 0 Å². The molecule has 0 spiro atoms. The molecule has 2 N–H and O–H groups in total. The van der Waals surface area contributed by atoms with Gasteiger partial charge in [0, 0.05) is 10.2 Å². The number of aryl methyl sites for hydroxylation is 1. The van der Waals surface area contributed by atoms with Crippen LogP contribution in [0.5, 0.6) is 0 Å². The van der Waals surface area contributed by atoms with E-state index in [1.807, 2.05) is 55.5 Å². The standard InChI is InChI=1S/C16H16BrN3O/c1-12-5-2-3-8-15(12)18-11-16(21)20-19-10-13-6-4-7-14(17)9-13/h2-10,18H,11H2,1H3,(H,20,21). The van der Waals surface area contributed by atoms with Crippen LogP contribution in [0.2, 0.25) is 0 Å². The number of hydrazone groups is 1. The summed E-state index contributed by atoms with van der Waals surface area (Å²) in [5.41, 5.74) is 5.45. The van der Waals surface area contributed by atoms with Gasteiger partial charge in [0.2, 0.25) is 0 Å². The Morgan fingerprint density at radius 1 is 1.24 bits per heavy atom. The van der Waals surface area contributed by atoms with Gasteiger partial charge in [-0.05, 0) is 36.2 Å². The summed E-state index contributed by atoms with van der Waals surface area (Å²) < 4.78 is 0.971. The van der Waals surface area contributed by atoms with Gasteiger partial charge in [-0.1, -0.05) is 46.3 Å². The lowest BCUT2D eigenvalue weighted by Gasteiger charge is -2.07. The number of hydrogen-bond donors (Lipinski definition) is 2. The number of nitrogens with zero attached hydrogens (tertiary/aromatic N) is 1. The van der Waals surface area contributed by atoms with Crippen LogP contribution in [0.1, 0.15) is 11.1 Å². The molecule has 1 amide bonds. The van der Waals surface area contributed by atoms with Crippen LogP contribution in [0.25, 0.3) is 0 Å². The smallest absolute Gasteiger partial charge is 0.259 e. The highest BCUT2D eigenvalue weighted by Gasteiger charge is 2.01. The fourth-order valence-electron chi connectivity index (χ4n) is 1.75. The van der Waals surface area contributed by atoms with Crippen molar-refractivity contribution in [1.82, 2.24) is 5.43 Å². The van der Waals surface area contributed by atoms with Crippen LogP contribution in [-0.4, -0.2) is 18.7 Å². The summed E-state index contributed by atoms with van der Waals surface area (Å²) in [7, 11) is 0. The molecule has 0 aliphatic carbocycles. The van der Waals surface area contributed by atoms with E-state index in [1.165, 1.54) is 0 Å². The molecular formula is C16H16BrN3O. The molecule has 0 aromatic heterocycles. The maximum absolute atomic E-state index is 11.7. The Kier molecular flexibility index (Phi) is 5.51. The van der Waals surface area contributed by atoms with Crippen molar-refractivity contribution in [2.24, 2.45) is 5.10 Å². The SMILES string of the molecule is Cc1ccccc1NCC(=O)NN=Cc1cccc(Br)c1. The van der Waals surface area contributed by atoms with E-state index >= 15 is 0 Å². The van der Waals surface area contributed by atoms with Crippen LogP contribution in [0.15, 0.2) is 58.1 Å². The summed E-state index contributed by atoms with van der Waals surface area (Å²) in [4.78, 5) is 11.7. The molecular weight excluding hydrogens is 330 g/mol. The maximum Gasteiger partial charge on any atom is 0.259 e. The number of anilines is 1. The average Bonchev–Trinajstić information content (AvgIpc) is 2.46. The number of hydrogen-bond acceptors (Lipinski definition) is 3. The maximum atomic E-state index is 11.7. The van der Waals surface area contributed by atoms with Crippen molar-refractivity contribution in [1.29, 1.82) is 0 Å². The topological polar surface area (TPSA) is 53.5 Å². The van der Waals surface area contributed by atoms with Gasteiger partial charge in [0.05, 0.1) is 12.8 Å². The number of halogens is 1. The molecule has 0 atom stereocenters. The van der Waals surface area contributed by atoms with Gasteiger partial charge in [-0.2, -0.15) is 5.10 Å². The lowest BCUT2D eigenvalue weighted by atomic mass is 10.2. The van der Waals surface area contributed by atoms with Gasteiger partial charge in [0.15, 0.2) is 0 Å². The molecule has 21 heavy (non-hydrogen) atoms. The number of carbonyl (C=O) groups is 1. The minimum atomic E-state index is -0.190. The minimum Gasteiger partial charge on any atom is -0.376 e. The number of rotatable bonds is 5. The molecule has 0 bridgehead atoms. The minimum absolute atomic E-state index is 0.181. The number of benzene rings is 2. The second-order valence-electron chi connectivity index (χ2n) is 4.52. The second kappa shape index (κ2) is 7.59. The van der Waals surface area contributed by atoms with Crippen molar-refractivity contribution in [2.75, 3.05) is 11.9 Å². The monoisotopic (exact) mass is 345 g/mol. The Labute approximate surface area is 132 Å². The molecule has 0 unspecified atom stereocenters. The molecule has 5 heteroatoms. The first-order valence-corrected chi connectivity index (χ1v) is 7.31. The van der Waals surface area contributed by atoms with Crippen molar-refractivity contribution < 1.29 is 4.79 Å². The van der Waals surface area contributed by atoms with Crippen LogP contribution in [0.3, 0.4) is 0 Å². The zero-order chi connectivity index (χ0) is 15.1. The van der Waals surface area contributed by atoms with Crippen molar-refractivity contribution in [2.45, 2.75) is 6.92 Å². The highest BCUT2D eigenvalue weighted by atomic mass is 79.9. The molecule has 0 heterocycles. The quantitative estimate of drug-likeness (QED) is 0.645. The van der Waals surface area contributed by atoms with Crippen LogP contribution in [0.4, 0.5) is 5.69 Å². The van der Waals surface area contributed by atoms with Gasteiger partial charge >= 0.3 is 0 Å². The fourth-order valence-corrected chi connectivity index (χ4v) is 2.17. The van der Waals surface area contributed by atoms with Crippen LogP contribution in [0, 0.1) is 6.92 Å². The Hall–Kier alpha value is -2.14. The van der Waals surface area contributed by atoms with Gasteiger partial charge in [-0.3, -0.25) is 4.79 Å². The highest BCUT2D eigenvalue weighted by Crippen LogP contribution is 2.12. The second-order valence-corrected chi connectivity index (χ2v) is 5.43. The summed E-state index contributed by atoms with van der Waals surface area (Å²) in [5, 5.41) is 7.01. The third-order valence-electron chi connectivity index (χ3n) is 2.84. The summed E-state index contributed by atoms with van der Waals surface area (Å²) in [6.45, 7) is 2.17. The van der Waals surface area contributed by atoms with Crippen molar-refractivity contribution in [3.8, 4) is 0 Å². The molecule has 4 nitrogen and oxygen atoms in total. The molecule has 108 valence electrons. The van der Waals surface area contributed by atoms with E-state index in [-0.39, 0.29) is 12.5 Å². The van der Waals surface area contributed by atoms with Crippen molar-refractivity contribution in [3.05, 3.63) is 64.1 Å². The largest absolute Gasteiger partial charge is 0.376 e. The summed E-state index contributed by atoms with van der Waals surface area (Å²) in [6.07, 6.45) is 1.61. The highest BCUT2D eigenvalue weighted by molar-refractivity contribution is 9.10. The van der Waals surface area contributed by atoms with E-state index in [2.05, 4.69) is 31.8 Å². The Morgan fingerprint density at radius 3 is 2.81 bits per heavy atom.